The third kappa shape index (κ3) is 4.49. The molecule has 130 valence electrons. The van der Waals surface area contributed by atoms with Crippen molar-refractivity contribution in [1.29, 1.82) is 0 Å². The Morgan fingerprint density at radius 1 is 1.36 bits per heavy atom. The van der Waals surface area contributed by atoms with Gasteiger partial charge in [-0.25, -0.2) is 4.39 Å². The molecule has 0 fully saturated rings. The number of tetrazole rings is 1. The Labute approximate surface area is 156 Å². The predicted molar refractivity (Wildman–Crippen MR) is 96.3 cm³/mol. The monoisotopic (exact) mass is 423 g/mol. The standard InChI is InChI=1S/C16H15BrFN5OS/c1-2-22(9-13-6-7-14(17)25-13)15(24)10-23-20-16(19-21-23)11-4-3-5-12(18)8-11/h3-8H,2,9-10H2,1H3. The molecule has 9 heteroatoms. The van der Waals surface area contributed by atoms with Gasteiger partial charge in [-0.3, -0.25) is 4.79 Å². The summed E-state index contributed by atoms with van der Waals surface area (Å²) in [6.45, 7) is 3.03. The highest BCUT2D eigenvalue weighted by atomic mass is 79.9. The first-order valence-corrected chi connectivity index (χ1v) is 9.22. The number of thiophene rings is 1. The minimum atomic E-state index is -0.371. The van der Waals surface area contributed by atoms with E-state index in [1.165, 1.54) is 16.9 Å². The average Bonchev–Trinajstić information content (AvgIpc) is 3.21. The number of carbonyl (C=O) groups excluding carboxylic acids is 1. The summed E-state index contributed by atoms with van der Waals surface area (Å²) in [5, 5.41) is 11.9. The lowest BCUT2D eigenvalue weighted by Gasteiger charge is -2.19. The van der Waals surface area contributed by atoms with Gasteiger partial charge < -0.3 is 4.90 Å². The van der Waals surface area contributed by atoms with E-state index < -0.39 is 0 Å². The Bertz CT molecular complexity index is 881. The second-order valence-corrected chi connectivity index (χ2v) is 7.82. The molecule has 25 heavy (non-hydrogen) atoms. The molecular formula is C16H15BrFN5OS. The molecule has 6 nitrogen and oxygen atoms in total. The van der Waals surface area contributed by atoms with Crippen molar-refractivity contribution in [3.05, 3.63) is 50.9 Å². The van der Waals surface area contributed by atoms with Crippen molar-refractivity contribution in [3.8, 4) is 11.4 Å². The molecule has 3 rings (SSSR count). The number of amides is 1. The predicted octanol–water partition coefficient (Wildman–Crippen LogP) is 3.35. The molecule has 3 aromatic rings. The van der Waals surface area contributed by atoms with Crippen LogP contribution in [0.3, 0.4) is 0 Å². The second kappa shape index (κ2) is 7.83. The van der Waals surface area contributed by atoms with Crippen molar-refractivity contribution in [2.75, 3.05) is 6.54 Å². The Balaban J connectivity index is 1.67. The first kappa shape index (κ1) is 17.7. The fraction of sp³-hybridized carbons (Fsp3) is 0.250. The van der Waals surface area contributed by atoms with E-state index in [2.05, 4.69) is 31.3 Å². The number of halogens is 2. The maximum absolute atomic E-state index is 13.3. The number of hydrogen-bond donors (Lipinski definition) is 0. The van der Waals surface area contributed by atoms with Crippen LogP contribution in [0.4, 0.5) is 4.39 Å². The van der Waals surface area contributed by atoms with Crippen LogP contribution < -0.4 is 0 Å². The lowest BCUT2D eigenvalue weighted by atomic mass is 10.2. The van der Waals surface area contributed by atoms with Gasteiger partial charge in [-0.15, -0.1) is 21.5 Å². The van der Waals surface area contributed by atoms with Crippen LogP contribution in [0.2, 0.25) is 0 Å². The molecule has 0 aliphatic heterocycles. The largest absolute Gasteiger partial charge is 0.336 e. The molecule has 0 radical (unpaired) electrons. The molecule has 0 spiro atoms. The molecule has 1 amide bonds. The number of nitrogens with zero attached hydrogens (tertiary/aromatic N) is 5. The van der Waals surface area contributed by atoms with E-state index in [9.17, 15) is 9.18 Å². The SMILES string of the molecule is CCN(Cc1ccc(Br)s1)C(=O)Cn1nnc(-c2cccc(F)c2)n1. The average molecular weight is 424 g/mol. The smallest absolute Gasteiger partial charge is 0.246 e. The topological polar surface area (TPSA) is 63.9 Å². The highest BCUT2D eigenvalue weighted by molar-refractivity contribution is 9.11. The zero-order valence-corrected chi connectivity index (χ0v) is 15.8. The minimum absolute atomic E-state index is 0.0112. The number of carbonyl (C=O) groups is 1. The number of hydrogen-bond acceptors (Lipinski definition) is 5. The van der Waals surface area contributed by atoms with Gasteiger partial charge in [0.05, 0.1) is 10.3 Å². The summed E-state index contributed by atoms with van der Waals surface area (Å²) >= 11 is 5.02. The summed E-state index contributed by atoms with van der Waals surface area (Å²) in [4.78, 5) is 16.5. The van der Waals surface area contributed by atoms with E-state index in [0.29, 0.717) is 18.7 Å². The van der Waals surface area contributed by atoms with E-state index >= 15 is 0 Å². The molecule has 0 aliphatic carbocycles. The number of likely N-dealkylation sites (N-methyl/N-ethyl adjacent to an activating group) is 1. The molecule has 2 heterocycles. The third-order valence-corrected chi connectivity index (χ3v) is 5.13. The van der Waals surface area contributed by atoms with Crippen LogP contribution in [0, 0.1) is 5.82 Å². The molecule has 0 saturated heterocycles. The first-order valence-electron chi connectivity index (χ1n) is 7.61. The molecule has 0 atom stereocenters. The van der Waals surface area contributed by atoms with Gasteiger partial charge in [0.1, 0.15) is 12.4 Å². The minimum Gasteiger partial charge on any atom is -0.336 e. The summed E-state index contributed by atoms with van der Waals surface area (Å²) in [5.41, 5.74) is 0.523. The van der Waals surface area contributed by atoms with Crippen LogP contribution in [-0.2, 0) is 17.9 Å². The van der Waals surface area contributed by atoms with Crippen LogP contribution in [0.15, 0.2) is 40.2 Å². The lowest BCUT2D eigenvalue weighted by Crippen LogP contribution is -2.33. The van der Waals surface area contributed by atoms with Gasteiger partial charge in [0.25, 0.3) is 0 Å². The summed E-state index contributed by atoms with van der Waals surface area (Å²) in [6.07, 6.45) is 0. The quantitative estimate of drug-likeness (QED) is 0.609. The molecule has 0 aliphatic rings. The van der Waals surface area contributed by atoms with E-state index in [4.69, 9.17) is 0 Å². The van der Waals surface area contributed by atoms with Crippen molar-refractivity contribution in [1.82, 2.24) is 25.1 Å². The fourth-order valence-electron chi connectivity index (χ4n) is 2.28. The zero-order valence-electron chi connectivity index (χ0n) is 13.4. The maximum Gasteiger partial charge on any atom is 0.246 e. The molecular weight excluding hydrogens is 409 g/mol. The maximum atomic E-state index is 13.3. The number of benzene rings is 1. The normalized spacial score (nSPS) is 10.8. The summed E-state index contributed by atoms with van der Waals surface area (Å²) in [5.74, 6) is -0.183. The van der Waals surface area contributed by atoms with Gasteiger partial charge in [-0.2, -0.15) is 4.80 Å². The lowest BCUT2D eigenvalue weighted by molar-refractivity contribution is -0.132. The number of aromatic nitrogens is 4. The van der Waals surface area contributed by atoms with Crippen molar-refractivity contribution in [2.24, 2.45) is 0 Å². The molecule has 1 aromatic carbocycles. The molecule has 0 saturated carbocycles. The highest BCUT2D eigenvalue weighted by Gasteiger charge is 2.16. The number of rotatable bonds is 6. The van der Waals surface area contributed by atoms with Gasteiger partial charge in [0.2, 0.25) is 11.7 Å². The van der Waals surface area contributed by atoms with Gasteiger partial charge in [-0.05, 0) is 52.3 Å². The van der Waals surface area contributed by atoms with Crippen LogP contribution in [0.5, 0.6) is 0 Å². The summed E-state index contributed by atoms with van der Waals surface area (Å²) in [7, 11) is 0. The molecule has 2 aromatic heterocycles. The Hall–Kier alpha value is -2.13. The summed E-state index contributed by atoms with van der Waals surface area (Å²) < 4.78 is 14.3. The van der Waals surface area contributed by atoms with Crippen molar-refractivity contribution < 1.29 is 9.18 Å². The fourth-order valence-corrected chi connectivity index (χ4v) is 3.77. The van der Waals surface area contributed by atoms with Crippen molar-refractivity contribution >= 4 is 33.2 Å². The molecule has 0 N–H and O–H groups in total. The Kier molecular flexibility index (Phi) is 5.54. The van der Waals surface area contributed by atoms with Gasteiger partial charge in [0.15, 0.2) is 0 Å². The highest BCUT2D eigenvalue weighted by Crippen LogP contribution is 2.23. The Morgan fingerprint density at radius 2 is 2.20 bits per heavy atom. The summed E-state index contributed by atoms with van der Waals surface area (Å²) in [6, 6.07) is 9.90. The van der Waals surface area contributed by atoms with Crippen LogP contribution in [0.1, 0.15) is 11.8 Å². The van der Waals surface area contributed by atoms with E-state index in [1.807, 2.05) is 19.1 Å². The molecule has 0 bridgehead atoms. The first-order chi connectivity index (χ1) is 12.0. The van der Waals surface area contributed by atoms with Crippen LogP contribution in [-0.4, -0.2) is 37.6 Å². The zero-order chi connectivity index (χ0) is 17.8. The molecule has 0 unspecified atom stereocenters. The van der Waals surface area contributed by atoms with Crippen molar-refractivity contribution in [3.63, 3.8) is 0 Å². The third-order valence-electron chi connectivity index (χ3n) is 3.52. The van der Waals surface area contributed by atoms with Crippen molar-refractivity contribution in [2.45, 2.75) is 20.0 Å². The van der Waals surface area contributed by atoms with Crippen LogP contribution >= 0.6 is 27.3 Å². The van der Waals surface area contributed by atoms with Gasteiger partial charge in [0, 0.05) is 17.0 Å². The Morgan fingerprint density at radius 3 is 2.88 bits per heavy atom. The van der Waals surface area contributed by atoms with Gasteiger partial charge in [-0.1, -0.05) is 12.1 Å². The van der Waals surface area contributed by atoms with Gasteiger partial charge >= 0.3 is 0 Å². The van der Waals surface area contributed by atoms with Crippen LogP contribution in [0.25, 0.3) is 11.4 Å². The van der Waals surface area contributed by atoms with E-state index in [1.54, 1.807) is 28.4 Å². The van der Waals surface area contributed by atoms with E-state index in [-0.39, 0.29) is 24.1 Å². The van der Waals surface area contributed by atoms with E-state index in [0.717, 1.165) is 8.66 Å². The second-order valence-electron chi connectivity index (χ2n) is 5.27.